The third-order valence-electron chi connectivity index (χ3n) is 3.72. The van der Waals surface area contributed by atoms with Crippen molar-refractivity contribution in [1.82, 2.24) is 10.3 Å². The van der Waals surface area contributed by atoms with Crippen molar-refractivity contribution in [2.24, 2.45) is 0 Å². The summed E-state index contributed by atoms with van der Waals surface area (Å²) in [6, 6.07) is 5.93. The summed E-state index contributed by atoms with van der Waals surface area (Å²) in [5, 5.41) is 10.5. The van der Waals surface area contributed by atoms with E-state index in [0.717, 1.165) is 0 Å². The second-order valence-electron chi connectivity index (χ2n) is 5.35. The molecule has 124 valence electrons. The Balaban J connectivity index is 1.99. The van der Waals surface area contributed by atoms with Gasteiger partial charge < -0.3 is 9.05 Å². The van der Waals surface area contributed by atoms with Gasteiger partial charge in [0, 0.05) is 0 Å². The van der Waals surface area contributed by atoms with E-state index >= 15 is 0 Å². The zero-order valence-corrected chi connectivity index (χ0v) is 13.5. The van der Waals surface area contributed by atoms with Gasteiger partial charge >= 0.3 is 0 Å². The number of rotatable bonds is 4. The summed E-state index contributed by atoms with van der Waals surface area (Å²) >= 11 is 0. The predicted octanol–water partition coefficient (Wildman–Crippen LogP) is 3.90. The summed E-state index contributed by atoms with van der Waals surface area (Å²) in [6.07, 6.45) is 0.609. The van der Waals surface area contributed by atoms with Gasteiger partial charge in [0.2, 0.25) is 5.88 Å². The van der Waals surface area contributed by atoms with Crippen LogP contribution in [-0.4, -0.2) is 16.2 Å². The van der Waals surface area contributed by atoms with Gasteiger partial charge in [-0.05, 0) is 38.0 Å². The zero-order valence-electron chi connectivity index (χ0n) is 13.5. The Labute approximate surface area is 137 Å². The lowest BCUT2D eigenvalue weighted by Crippen LogP contribution is -2.13. The van der Waals surface area contributed by atoms with Gasteiger partial charge in [-0.15, -0.1) is 0 Å². The van der Waals surface area contributed by atoms with Crippen LogP contribution in [-0.2, 0) is 6.42 Å². The first-order chi connectivity index (χ1) is 11.5. The summed E-state index contributed by atoms with van der Waals surface area (Å²) in [5.74, 6) is -0.102. The van der Waals surface area contributed by atoms with E-state index in [4.69, 9.17) is 9.05 Å². The molecule has 1 amide bonds. The molecule has 2 aromatic heterocycles. The van der Waals surface area contributed by atoms with Crippen LogP contribution in [0, 0.1) is 19.7 Å². The molecule has 1 aromatic carbocycles. The van der Waals surface area contributed by atoms with E-state index in [0.29, 0.717) is 40.3 Å². The molecular weight excluding hydrogens is 313 g/mol. The van der Waals surface area contributed by atoms with Crippen LogP contribution in [0.3, 0.4) is 0 Å². The largest absolute Gasteiger partial charge is 0.361 e. The minimum absolute atomic E-state index is 0.212. The van der Waals surface area contributed by atoms with E-state index in [-0.39, 0.29) is 11.7 Å². The first-order valence-electron chi connectivity index (χ1n) is 7.50. The Morgan fingerprint density at radius 1 is 1.17 bits per heavy atom. The van der Waals surface area contributed by atoms with Gasteiger partial charge in [0.1, 0.15) is 17.1 Å². The number of halogens is 1. The van der Waals surface area contributed by atoms with E-state index in [1.807, 2.05) is 6.92 Å². The molecule has 2 heterocycles. The Bertz CT molecular complexity index is 862. The van der Waals surface area contributed by atoms with Crippen LogP contribution in [0.2, 0.25) is 0 Å². The Kier molecular flexibility index (Phi) is 4.16. The van der Waals surface area contributed by atoms with E-state index in [2.05, 4.69) is 15.6 Å². The number of aromatic nitrogens is 2. The first-order valence-corrected chi connectivity index (χ1v) is 7.50. The van der Waals surface area contributed by atoms with Crippen molar-refractivity contribution >= 4 is 11.8 Å². The van der Waals surface area contributed by atoms with E-state index in [1.54, 1.807) is 26.0 Å². The number of carbonyl (C=O) groups is 1. The molecule has 0 aliphatic heterocycles. The topological polar surface area (TPSA) is 81.2 Å². The lowest BCUT2D eigenvalue weighted by molar-refractivity contribution is 0.102. The number of benzene rings is 1. The van der Waals surface area contributed by atoms with Crippen molar-refractivity contribution < 1.29 is 18.2 Å². The van der Waals surface area contributed by atoms with Gasteiger partial charge in [-0.2, -0.15) is 0 Å². The van der Waals surface area contributed by atoms with Gasteiger partial charge in [0.25, 0.3) is 5.91 Å². The molecule has 0 unspecified atom stereocenters. The van der Waals surface area contributed by atoms with E-state index in [1.165, 1.54) is 12.1 Å². The average Bonchev–Trinajstić information content (AvgIpc) is 3.11. The lowest BCUT2D eigenvalue weighted by Gasteiger charge is -2.05. The molecule has 0 saturated carbocycles. The minimum Gasteiger partial charge on any atom is -0.361 e. The van der Waals surface area contributed by atoms with Crippen molar-refractivity contribution in [2.45, 2.75) is 27.2 Å². The summed E-state index contributed by atoms with van der Waals surface area (Å²) in [7, 11) is 0. The number of hydrogen-bond donors (Lipinski definition) is 1. The molecule has 0 atom stereocenters. The van der Waals surface area contributed by atoms with Gasteiger partial charge in [-0.1, -0.05) is 29.4 Å². The van der Waals surface area contributed by atoms with Crippen LogP contribution in [0.5, 0.6) is 0 Å². The van der Waals surface area contributed by atoms with E-state index < -0.39 is 5.91 Å². The van der Waals surface area contributed by atoms with E-state index in [9.17, 15) is 9.18 Å². The fourth-order valence-electron chi connectivity index (χ4n) is 2.54. The highest BCUT2D eigenvalue weighted by Crippen LogP contribution is 2.32. The third kappa shape index (κ3) is 2.80. The number of aryl methyl sites for hydroxylation is 3. The molecule has 0 bridgehead atoms. The Morgan fingerprint density at radius 2 is 1.88 bits per heavy atom. The molecular formula is C17H16FN3O3. The molecule has 0 aliphatic carbocycles. The first kappa shape index (κ1) is 15.9. The monoisotopic (exact) mass is 329 g/mol. The van der Waals surface area contributed by atoms with Gasteiger partial charge in [-0.3, -0.25) is 10.1 Å². The average molecular weight is 329 g/mol. The molecule has 0 radical (unpaired) electrons. The van der Waals surface area contributed by atoms with Gasteiger partial charge in [0.15, 0.2) is 0 Å². The highest BCUT2D eigenvalue weighted by atomic mass is 19.1. The van der Waals surface area contributed by atoms with Crippen molar-refractivity contribution in [3.05, 3.63) is 52.8 Å². The minimum atomic E-state index is -0.395. The van der Waals surface area contributed by atoms with Crippen LogP contribution in [0.25, 0.3) is 11.1 Å². The van der Waals surface area contributed by atoms with Crippen LogP contribution >= 0.6 is 0 Å². The molecule has 6 nitrogen and oxygen atoms in total. The number of carbonyl (C=O) groups excluding carboxylic acids is 1. The summed E-state index contributed by atoms with van der Waals surface area (Å²) in [4.78, 5) is 12.5. The number of nitrogens with zero attached hydrogens (tertiary/aromatic N) is 2. The summed E-state index contributed by atoms with van der Waals surface area (Å²) < 4.78 is 23.5. The van der Waals surface area contributed by atoms with Gasteiger partial charge in [0.05, 0.1) is 17.0 Å². The molecule has 0 saturated heterocycles. The Morgan fingerprint density at radius 3 is 2.46 bits per heavy atom. The number of nitrogens with one attached hydrogen (secondary N) is 1. The van der Waals surface area contributed by atoms with Crippen molar-refractivity contribution in [3.8, 4) is 11.1 Å². The predicted molar refractivity (Wildman–Crippen MR) is 85.2 cm³/mol. The maximum absolute atomic E-state index is 13.2. The molecule has 1 N–H and O–H groups in total. The quantitative estimate of drug-likeness (QED) is 0.785. The van der Waals surface area contributed by atoms with Crippen LogP contribution in [0.15, 0.2) is 33.3 Å². The molecule has 24 heavy (non-hydrogen) atoms. The SMILES string of the molecule is CCc1noc(NC(=O)c2c(C)noc2C)c1-c1ccc(F)cc1. The number of amides is 1. The summed E-state index contributed by atoms with van der Waals surface area (Å²) in [6.45, 7) is 5.27. The highest BCUT2D eigenvalue weighted by Gasteiger charge is 2.23. The third-order valence-corrected chi connectivity index (χ3v) is 3.72. The fourth-order valence-corrected chi connectivity index (χ4v) is 2.54. The maximum Gasteiger partial charge on any atom is 0.263 e. The molecule has 0 spiro atoms. The standard InChI is InChI=1S/C17H16FN3O3/c1-4-13-15(11-5-7-12(18)8-6-11)17(24-21-13)19-16(22)14-9(2)20-23-10(14)3/h5-8H,4H2,1-3H3,(H,19,22). The molecule has 0 fully saturated rings. The summed E-state index contributed by atoms with van der Waals surface area (Å²) in [5.41, 5.74) is 2.87. The fraction of sp³-hybridized carbons (Fsp3) is 0.235. The lowest BCUT2D eigenvalue weighted by atomic mass is 10.0. The second-order valence-corrected chi connectivity index (χ2v) is 5.35. The Hall–Kier alpha value is -2.96. The molecule has 3 rings (SSSR count). The normalized spacial score (nSPS) is 10.8. The van der Waals surface area contributed by atoms with Gasteiger partial charge in [-0.25, -0.2) is 4.39 Å². The zero-order chi connectivity index (χ0) is 17.3. The smallest absolute Gasteiger partial charge is 0.263 e. The van der Waals surface area contributed by atoms with Crippen molar-refractivity contribution in [1.29, 1.82) is 0 Å². The van der Waals surface area contributed by atoms with Crippen LogP contribution < -0.4 is 5.32 Å². The second kappa shape index (κ2) is 6.27. The molecule has 0 aliphatic rings. The van der Waals surface area contributed by atoms with Crippen molar-refractivity contribution in [2.75, 3.05) is 5.32 Å². The number of hydrogen-bond acceptors (Lipinski definition) is 5. The molecule has 3 aromatic rings. The van der Waals surface area contributed by atoms with Crippen LogP contribution in [0.4, 0.5) is 10.3 Å². The molecule has 7 heteroatoms. The number of anilines is 1. The van der Waals surface area contributed by atoms with Crippen molar-refractivity contribution in [3.63, 3.8) is 0 Å². The maximum atomic E-state index is 13.2. The highest BCUT2D eigenvalue weighted by molar-refractivity contribution is 6.06. The van der Waals surface area contributed by atoms with Crippen LogP contribution in [0.1, 0.15) is 34.4 Å².